The quantitative estimate of drug-likeness (QED) is 0.812. The Balaban J connectivity index is 2.16. The summed E-state index contributed by atoms with van der Waals surface area (Å²) < 4.78 is 0. The van der Waals surface area contributed by atoms with Crippen molar-refractivity contribution in [2.24, 2.45) is 5.92 Å². The number of aryl methyl sites for hydroxylation is 3. The van der Waals surface area contributed by atoms with Gasteiger partial charge >= 0.3 is 0 Å². The summed E-state index contributed by atoms with van der Waals surface area (Å²) >= 11 is 1.40. The van der Waals surface area contributed by atoms with Crippen LogP contribution >= 0.6 is 11.8 Å². The molecule has 2 rings (SSSR count). The van der Waals surface area contributed by atoms with Gasteiger partial charge in [0.05, 0.1) is 22.4 Å². The number of hydrogen-bond acceptors (Lipinski definition) is 4. The molecule has 0 saturated carbocycles. The van der Waals surface area contributed by atoms with Crippen molar-refractivity contribution in [2.75, 3.05) is 5.75 Å². The van der Waals surface area contributed by atoms with Gasteiger partial charge in [-0.3, -0.25) is 4.79 Å². The van der Waals surface area contributed by atoms with Crippen molar-refractivity contribution in [2.45, 2.75) is 52.1 Å². The molecule has 1 amide bonds. The molecular weight excluding hydrogens is 330 g/mol. The molecule has 132 valence electrons. The lowest BCUT2D eigenvalue weighted by Crippen LogP contribution is -2.49. The highest BCUT2D eigenvalue weighted by Crippen LogP contribution is 2.27. The highest BCUT2D eigenvalue weighted by molar-refractivity contribution is 7.99. The van der Waals surface area contributed by atoms with Gasteiger partial charge in [0.15, 0.2) is 0 Å². The van der Waals surface area contributed by atoms with Crippen LogP contribution in [0.1, 0.15) is 37.5 Å². The van der Waals surface area contributed by atoms with Gasteiger partial charge in [0.25, 0.3) is 0 Å². The number of fused-ring (bicyclic) bond motifs is 1. The summed E-state index contributed by atoms with van der Waals surface area (Å²) in [6.45, 7) is 11.8. The Morgan fingerprint density at radius 3 is 2.56 bits per heavy atom. The summed E-state index contributed by atoms with van der Waals surface area (Å²) in [5.41, 5.74) is 3.65. The normalized spacial score (nSPS) is 13.5. The molecule has 1 N–H and O–H groups in total. The molecule has 1 aromatic heterocycles. The Morgan fingerprint density at radius 1 is 1.28 bits per heavy atom. The molecule has 0 saturated heterocycles. The summed E-state index contributed by atoms with van der Waals surface area (Å²) in [5.74, 6) is 0.133. The van der Waals surface area contributed by atoms with Crippen molar-refractivity contribution in [3.63, 3.8) is 0 Å². The number of rotatable bonds is 5. The first kappa shape index (κ1) is 19.3. The van der Waals surface area contributed by atoms with Gasteiger partial charge in [-0.25, -0.2) is 4.98 Å². The number of pyridine rings is 1. The first-order valence-corrected chi connectivity index (χ1v) is 9.38. The van der Waals surface area contributed by atoms with Crippen LogP contribution in [0.15, 0.2) is 23.2 Å². The first-order valence-electron chi connectivity index (χ1n) is 8.40. The maximum Gasteiger partial charge on any atom is 0.231 e. The van der Waals surface area contributed by atoms with Crippen LogP contribution in [0, 0.1) is 38.0 Å². The van der Waals surface area contributed by atoms with E-state index in [1.165, 1.54) is 17.3 Å². The van der Waals surface area contributed by atoms with Crippen LogP contribution in [-0.4, -0.2) is 22.2 Å². The number of nitrogens with zero attached hydrogens (tertiary/aromatic N) is 2. The van der Waals surface area contributed by atoms with Crippen LogP contribution in [0.5, 0.6) is 0 Å². The van der Waals surface area contributed by atoms with E-state index in [0.717, 1.165) is 27.1 Å². The van der Waals surface area contributed by atoms with Gasteiger partial charge in [0.2, 0.25) is 5.91 Å². The highest BCUT2D eigenvalue weighted by atomic mass is 32.2. The van der Waals surface area contributed by atoms with Crippen LogP contribution in [0.25, 0.3) is 10.9 Å². The molecule has 0 fully saturated rings. The van der Waals surface area contributed by atoms with Gasteiger partial charge in [-0.15, -0.1) is 0 Å². The predicted molar refractivity (Wildman–Crippen MR) is 104 cm³/mol. The third-order valence-corrected chi connectivity index (χ3v) is 5.48. The summed E-state index contributed by atoms with van der Waals surface area (Å²) in [5, 5.41) is 14.1. The van der Waals surface area contributed by atoms with E-state index < -0.39 is 5.54 Å². The number of hydrogen-bond donors (Lipinski definition) is 1. The molecular formula is C20H25N3OS. The minimum Gasteiger partial charge on any atom is -0.337 e. The molecule has 0 spiro atoms. The van der Waals surface area contributed by atoms with Gasteiger partial charge in [0.1, 0.15) is 5.54 Å². The van der Waals surface area contributed by atoms with Crippen molar-refractivity contribution < 1.29 is 4.79 Å². The van der Waals surface area contributed by atoms with Crippen molar-refractivity contribution in [3.8, 4) is 6.07 Å². The lowest BCUT2D eigenvalue weighted by molar-refractivity contribution is -0.120. The molecule has 0 bridgehead atoms. The Labute approximate surface area is 154 Å². The van der Waals surface area contributed by atoms with Gasteiger partial charge in [-0.05, 0) is 56.9 Å². The van der Waals surface area contributed by atoms with E-state index in [9.17, 15) is 10.1 Å². The smallest absolute Gasteiger partial charge is 0.231 e. The van der Waals surface area contributed by atoms with E-state index >= 15 is 0 Å². The van der Waals surface area contributed by atoms with Crippen LogP contribution in [0.2, 0.25) is 0 Å². The van der Waals surface area contributed by atoms with E-state index in [4.69, 9.17) is 4.98 Å². The molecule has 1 unspecified atom stereocenters. The molecule has 1 aromatic carbocycles. The van der Waals surface area contributed by atoms with Crippen LogP contribution < -0.4 is 5.32 Å². The summed E-state index contributed by atoms with van der Waals surface area (Å²) in [7, 11) is 0. The molecule has 0 aliphatic rings. The molecule has 4 nitrogen and oxygen atoms in total. The zero-order chi connectivity index (χ0) is 18.8. The van der Waals surface area contributed by atoms with E-state index in [0.29, 0.717) is 0 Å². The fraction of sp³-hybridized carbons (Fsp3) is 0.450. The van der Waals surface area contributed by atoms with Crippen molar-refractivity contribution in [3.05, 3.63) is 34.9 Å². The summed E-state index contributed by atoms with van der Waals surface area (Å²) in [6, 6.07) is 8.48. The van der Waals surface area contributed by atoms with Crippen molar-refractivity contribution >= 4 is 28.6 Å². The first-order chi connectivity index (χ1) is 11.7. The second kappa shape index (κ2) is 7.45. The second-order valence-electron chi connectivity index (χ2n) is 7.06. The maximum atomic E-state index is 12.2. The number of nitrogens with one attached hydrogen (secondary N) is 1. The number of thioether (sulfide) groups is 1. The minimum absolute atomic E-state index is 0.0402. The molecule has 0 radical (unpaired) electrons. The zero-order valence-electron chi connectivity index (χ0n) is 15.7. The molecule has 2 aromatic rings. The van der Waals surface area contributed by atoms with E-state index in [1.54, 1.807) is 6.92 Å². The fourth-order valence-electron chi connectivity index (χ4n) is 2.65. The van der Waals surface area contributed by atoms with Crippen LogP contribution in [0.3, 0.4) is 0 Å². The second-order valence-corrected chi connectivity index (χ2v) is 8.06. The average molecular weight is 356 g/mol. The largest absolute Gasteiger partial charge is 0.337 e. The Morgan fingerprint density at radius 2 is 1.96 bits per heavy atom. The standard InChI is InChI=1S/C20H25N3OS/c1-12(2)20(6,11-21)23-17(24)10-25-18-9-14(4)16-8-13(3)7-15(5)19(16)22-18/h7-9,12H,10H2,1-6H3,(H,23,24). The fourth-order valence-corrected chi connectivity index (χ4v) is 3.42. The van der Waals surface area contributed by atoms with Gasteiger partial charge in [0, 0.05) is 5.39 Å². The van der Waals surface area contributed by atoms with Crippen LogP contribution in [0.4, 0.5) is 0 Å². The van der Waals surface area contributed by atoms with E-state index in [-0.39, 0.29) is 17.6 Å². The number of carbonyl (C=O) groups is 1. The Bertz CT molecular complexity index is 854. The topological polar surface area (TPSA) is 65.8 Å². The molecule has 1 heterocycles. The minimum atomic E-state index is -0.849. The lowest BCUT2D eigenvalue weighted by atomic mass is 9.90. The number of aromatic nitrogens is 1. The predicted octanol–water partition coefficient (Wildman–Crippen LogP) is 4.31. The highest BCUT2D eigenvalue weighted by Gasteiger charge is 2.29. The van der Waals surface area contributed by atoms with Gasteiger partial charge < -0.3 is 5.32 Å². The van der Waals surface area contributed by atoms with E-state index in [2.05, 4.69) is 44.3 Å². The van der Waals surface area contributed by atoms with E-state index in [1.807, 2.05) is 19.9 Å². The summed E-state index contributed by atoms with van der Waals surface area (Å²) in [4.78, 5) is 17.0. The Hall–Kier alpha value is -2.06. The molecule has 0 aliphatic heterocycles. The van der Waals surface area contributed by atoms with Crippen molar-refractivity contribution in [1.29, 1.82) is 5.26 Å². The average Bonchev–Trinajstić information content (AvgIpc) is 2.53. The number of amides is 1. The monoisotopic (exact) mass is 355 g/mol. The van der Waals surface area contributed by atoms with Crippen LogP contribution in [-0.2, 0) is 4.79 Å². The SMILES string of the molecule is Cc1cc(C)c2nc(SCC(=O)NC(C)(C#N)C(C)C)cc(C)c2c1. The van der Waals surface area contributed by atoms with Gasteiger partial charge in [-0.2, -0.15) is 5.26 Å². The lowest BCUT2D eigenvalue weighted by Gasteiger charge is -2.27. The molecule has 5 heteroatoms. The third kappa shape index (κ3) is 4.32. The van der Waals surface area contributed by atoms with Gasteiger partial charge in [-0.1, -0.05) is 37.2 Å². The summed E-state index contributed by atoms with van der Waals surface area (Å²) in [6.07, 6.45) is 0. The number of nitriles is 1. The molecule has 25 heavy (non-hydrogen) atoms. The number of carbonyl (C=O) groups excluding carboxylic acids is 1. The zero-order valence-corrected chi connectivity index (χ0v) is 16.5. The third-order valence-electron chi connectivity index (χ3n) is 4.57. The number of benzene rings is 1. The maximum absolute atomic E-state index is 12.2. The molecule has 1 atom stereocenters. The Kier molecular flexibility index (Phi) is 5.74. The molecule has 0 aliphatic carbocycles. The van der Waals surface area contributed by atoms with Crippen molar-refractivity contribution in [1.82, 2.24) is 10.3 Å².